The summed E-state index contributed by atoms with van der Waals surface area (Å²) < 4.78 is 0. The predicted octanol–water partition coefficient (Wildman–Crippen LogP) is 2.91. The van der Waals surface area contributed by atoms with E-state index in [0.717, 1.165) is 49.9 Å². The first-order valence-electron chi connectivity index (χ1n) is 8.59. The second-order valence-electron chi connectivity index (χ2n) is 6.24. The molecule has 4 heterocycles. The van der Waals surface area contributed by atoms with Gasteiger partial charge in [0.05, 0.1) is 5.69 Å². The Morgan fingerprint density at radius 2 is 1.81 bits per heavy atom. The molecule has 0 N–H and O–H groups in total. The van der Waals surface area contributed by atoms with Gasteiger partial charge in [-0.1, -0.05) is 17.7 Å². The van der Waals surface area contributed by atoms with Crippen molar-refractivity contribution in [1.82, 2.24) is 24.8 Å². The van der Waals surface area contributed by atoms with E-state index in [4.69, 9.17) is 16.6 Å². The fraction of sp³-hybridized carbons (Fsp3) is 0.263. The van der Waals surface area contributed by atoms with Crippen molar-refractivity contribution in [3.63, 3.8) is 0 Å². The molecule has 0 bridgehead atoms. The zero-order valence-corrected chi connectivity index (χ0v) is 15.0. The third kappa shape index (κ3) is 3.98. The van der Waals surface area contributed by atoms with Gasteiger partial charge in [-0.05, 0) is 29.8 Å². The molecule has 0 saturated carbocycles. The summed E-state index contributed by atoms with van der Waals surface area (Å²) in [6.07, 6.45) is 7.25. The van der Waals surface area contributed by atoms with Crippen molar-refractivity contribution in [2.24, 2.45) is 0 Å². The van der Waals surface area contributed by atoms with Crippen LogP contribution in [0.4, 0.5) is 5.95 Å². The number of anilines is 1. The van der Waals surface area contributed by atoms with Crippen LogP contribution in [-0.2, 0) is 6.54 Å². The third-order valence-corrected chi connectivity index (χ3v) is 4.67. The summed E-state index contributed by atoms with van der Waals surface area (Å²) >= 11 is 5.85. The van der Waals surface area contributed by atoms with Gasteiger partial charge in [0.2, 0.25) is 5.95 Å². The zero-order valence-electron chi connectivity index (χ0n) is 14.3. The topological polar surface area (TPSA) is 58.0 Å². The average molecular weight is 367 g/mol. The molecule has 132 valence electrons. The van der Waals surface area contributed by atoms with E-state index < -0.39 is 0 Å². The van der Waals surface area contributed by atoms with E-state index in [1.807, 2.05) is 48.9 Å². The fourth-order valence-corrected chi connectivity index (χ4v) is 3.15. The lowest BCUT2D eigenvalue weighted by atomic mass is 10.2. The van der Waals surface area contributed by atoms with Crippen LogP contribution in [0.3, 0.4) is 0 Å². The zero-order chi connectivity index (χ0) is 17.8. The molecule has 0 radical (unpaired) electrons. The maximum Gasteiger partial charge on any atom is 0.225 e. The maximum absolute atomic E-state index is 5.85. The number of halogens is 1. The quantitative estimate of drug-likeness (QED) is 0.662. The molecule has 0 aliphatic carbocycles. The summed E-state index contributed by atoms with van der Waals surface area (Å²) in [6, 6.07) is 9.72. The van der Waals surface area contributed by atoms with Gasteiger partial charge in [0.15, 0.2) is 0 Å². The van der Waals surface area contributed by atoms with E-state index >= 15 is 0 Å². The highest BCUT2D eigenvalue weighted by molar-refractivity contribution is 6.29. The first-order chi connectivity index (χ1) is 12.8. The first kappa shape index (κ1) is 16.9. The number of nitrogens with zero attached hydrogens (tertiary/aromatic N) is 6. The van der Waals surface area contributed by atoms with Crippen LogP contribution in [0.15, 0.2) is 55.1 Å². The number of pyridine rings is 2. The summed E-state index contributed by atoms with van der Waals surface area (Å²) in [5, 5.41) is 0.532. The Bertz CT molecular complexity index is 847. The summed E-state index contributed by atoms with van der Waals surface area (Å²) in [4.78, 5) is 22.1. The van der Waals surface area contributed by atoms with Crippen molar-refractivity contribution in [1.29, 1.82) is 0 Å². The van der Waals surface area contributed by atoms with Gasteiger partial charge in [-0.3, -0.25) is 9.88 Å². The van der Waals surface area contributed by atoms with Gasteiger partial charge >= 0.3 is 0 Å². The summed E-state index contributed by atoms with van der Waals surface area (Å²) in [6.45, 7) is 4.61. The van der Waals surface area contributed by atoms with Crippen molar-refractivity contribution >= 4 is 17.5 Å². The average Bonchev–Trinajstić information content (AvgIpc) is 2.71. The Balaban J connectivity index is 1.39. The van der Waals surface area contributed by atoms with Gasteiger partial charge in [-0.2, -0.15) is 0 Å². The molecule has 4 rings (SSSR count). The summed E-state index contributed by atoms with van der Waals surface area (Å²) in [5.41, 5.74) is 3.08. The second-order valence-corrected chi connectivity index (χ2v) is 6.62. The highest BCUT2D eigenvalue weighted by Crippen LogP contribution is 2.19. The molecule has 1 aliphatic heterocycles. The molecule has 26 heavy (non-hydrogen) atoms. The predicted molar refractivity (Wildman–Crippen MR) is 102 cm³/mol. The van der Waals surface area contributed by atoms with Crippen LogP contribution in [0.1, 0.15) is 5.56 Å². The van der Waals surface area contributed by atoms with Crippen LogP contribution in [0, 0.1) is 0 Å². The van der Waals surface area contributed by atoms with Crippen LogP contribution < -0.4 is 4.90 Å². The molecule has 3 aromatic rings. The lowest BCUT2D eigenvalue weighted by Crippen LogP contribution is -2.46. The van der Waals surface area contributed by atoms with Gasteiger partial charge in [0, 0.05) is 63.1 Å². The van der Waals surface area contributed by atoms with E-state index in [1.165, 1.54) is 5.56 Å². The number of hydrogen-bond acceptors (Lipinski definition) is 6. The monoisotopic (exact) mass is 366 g/mol. The van der Waals surface area contributed by atoms with Crippen LogP contribution in [0.25, 0.3) is 11.3 Å². The van der Waals surface area contributed by atoms with Crippen molar-refractivity contribution in [2.45, 2.75) is 6.54 Å². The minimum atomic E-state index is 0.532. The Labute approximate surface area is 157 Å². The number of aromatic nitrogens is 4. The fourth-order valence-electron chi connectivity index (χ4n) is 3.04. The molecule has 0 spiro atoms. The van der Waals surface area contributed by atoms with Crippen molar-refractivity contribution in [3.05, 3.63) is 65.8 Å². The van der Waals surface area contributed by atoms with Gasteiger partial charge in [-0.15, -0.1) is 0 Å². The van der Waals surface area contributed by atoms with Gasteiger partial charge in [-0.25, -0.2) is 15.0 Å². The van der Waals surface area contributed by atoms with E-state index in [1.54, 1.807) is 6.20 Å². The molecule has 1 fully saturated rings. The van der Waals surface area contributed by atoms with Crippen LogP contribution in [-0.4, -0.2) is 51.0 Å². The van der Waals surface area contributed by atoms with E-state index in [2.05, 4.69) is 24.8 Å². The normalized spacial score (nSPS) is 15.2. The van der Waals surface area contributed by atoms with Gasteiger partial charge < -0.3 is 4.90 Å². The Morgan fingerprint density at radius 3 is 2.54 bits per heavy atom. The SMILES string of the molecule is Clc1ccc(CN2CCN(c3nccc(-c4cccnc4)n3)CC2)cn1. The Morgan fingerprint density at radius 1 is 0.923 bits per heavy atom. The van der Waals surface area contributed by atoms with Gasteiger partial charge in [0.25, 0.3) is 0 Å². The molecule has 0 atom stereocenters. The van der Waals surface area contributed by atoms with Gasteiger partial charge in [0.1, 0.15) is 5.15 Å². The highest BCUT2D eigenvalue weighted by atomic mass is 35.5. The molecular weight excluding hydrogens is 348 g/mol. The molecule has 0 aromatic carbocycles. The minimum Gasteiger partial charge on any atom is -0.338 e. The van der Waals surface area contributed by atoms with E-state index in [9.17, 15) is 0 Å². The standard InChI is InChI=1S/C19H19ClN6/c20-18-4-3-15(12-23-18)14-25-8-10-26(11-9-25)19-22-7-5-17(24-19)16-2-1-6-21-13-16/h1-7,12-13H,8-11,14H2. The van der Waals surface area contributed by atoms with Crippen LogP contribution >= 0.6 is 11.6 Å². The molecule has 1 aliphatic rings. The number of hydrogen-bond donors (Lipinski definition) is 0. The molecule has 3 aromatic heterocycles. The molecule has 0 amide bonds. The summed E-state index contributed by atoms with van der Waals surface area (Å²) in [5.74, 6) is 0.777. The molecule has 1 saturated heterocycles. The number of rotatable bonds is 4. The molecule has 0 unspecified atom stereocenters. The first-order valence-corrected chi connectivity index (χ1v) is 8.97. The minimum absolute atomic E-state index is 0.532. The molecule has 7 heteroatoms. The van der Waals surface area contributed by atoms with Crippen LogP contribution in [0.5, 0.6) is 0 Å². The van der Waals surface area contributed by atoms with E-state index in [-0.39, 0.29) is 0 Å². The van der Waals surface area contributed by atoms with E-state index in [0.29, 0.717) is 5.15 Å². The summed E-state index contributed by atoms with van der Waals surface area (Å²) in [7, 11) is 0. The molecule has 6 nitrogen and oxygen atoms in total. The maximum atomic E-state index is 5.85. The Hall–Kier alpha value is -2.57. The lowest BCUT2D eigenvalue weighted by Gasteiger charge is -2.34. The number of piperazine rings is 1. The van der Waals surface area contributed by atoms with Crippen LogP contribution in [0.2, 0.25) is 5.15 Å². The smallest absolute Gasteiger partial charge is 0.225 e. The van der Waals surface area contributed by atoms with Crippen molar-refractivity contribution in [2.75, 3.05) is 31.1 Å². The van der Waals surface area contributed by atoms with Crippen molar-refractivity contribution in [3.8, 4) is 11.3 Å². The molecular formula is C19H19ClN6. The third-order valence-electron chi connectivity index (χ3n) is 4.45. The second kappa shape index (κ2) is 7.76. The highest BCUT2D eigenvalue weighted by Gasteiger charge is 2.19. The largest absolute Gasteiger partial charge is 0.338 e. The lowest BCUT2D eigenvalue weighted by molar-refractivity contribution is 0.248. The Kier molecular flexibility index (Phi) is 5.04. The van der Waals surface area contributed by atoms with Crippen molar-refractivity contribution < 1.29 is 0 Å².